The largest absolute Gasteiger partial charge is 0.300 e. The Morgan fingerprint density at radius 1 is 1.25 bits per heavy atom. The van der Waals surface area contributed by atoms with Crippen molar-refractivity contribution in [3.63, 3.8) is 0 Å². The SMILES string of the molecule is CC(c1nnc(SCCS(C)(=O)=O)n1-c1ccc(Cl)cc1)N(C)C. The van der Waals surface area contributed by atoms with Crippen molar-refractivity contribution in [3.8, 4) is 5.69 Å². The minimum absolute atomic E-state index is 0.0532. The van der Waals surface area contributed by atoms with Gasteiger partial charge >= 0.3 is 0 Å². The van der Waals surface area contributed by atoms with E-state index in [1.807, 2.05) is 54.8 Å². The molecule has 0 radical (unpaired) electrons. The van der Waals surface area contributed by atoms with Gasteiger partial charge in [0, 0.05) is 22.7 Å². The highest BCUT2D eigenvalue weighted by atomic mass is 35.5. The summed E-state index contributed by atoms with van der Waals surface area (Å²) in [4.78, 5) is 2.04. The first-order valence-electron chi connectivity index (χ1n) is 7.37. The van der Waals surface area contributed by atoms with Crippen LogP contribution in [0.3, 0.4) is 0 Å². The molecule has 9 heteroatoms. The molecule has 0 aliphatic heterocycles. The minimum atomic E-state index is -3.00. The molecule has 0 bridgehead atoms. The van der Waals surface area contributed by atoms with Crippen LogP contribution < -0.4 is 0 Å². The molecule has 0 spiro atoms. The molecule has 24 heavy (non-hydrogen) atoms. The molecule has 0 fully saturated rings. The third kappa shape index (κ3) is 4.95. The summed E-state index contributed by atoms with van der Waals surface area (Å²) in [5.74, 6) is 1.33. The Hall–Kier alpha value is -1.09. The molecule has 1 heterocycles. The van der Waals surface area contributed by atoms with Crippen LogP contribution in [-0.2, 0) is 9.84 Å². The molecular formula is C15H21ClN4O2S2. The van der Waals surface area contributed by atoms with E-state index >= 15 is 0 Å². The van der Waals surface area contributed by atoms with Crippen LogP contribution in [0.2, 0.25) is 5.02 Å². The van der Waals surface area contributed by atoms with Crippen LogP contribution in [0, 0.1) is 0 Å². The molecule has 1 aromatic carbocycles. The van der Waals surface area contributed by atoms with E-state index < -0.39 is 9.84 Å². The Bertz CT molecular complexity index is 788. The molecule has 0 saturated carbocycles. The Labute approximate surface area is 152 Å². The van der Waals surface area contributed by atoms with Crippen molar-refractivity contribution in [2.24, 2.45) is 0 Å². The van der Waals surface area contributed by atoms with Crippen molar-refractivity contribution in [1.29, 1.82) is 0 Å². The van der Waals surface area contributed by atoms with Crippen LogP contribution in [0.15, 0.2) is 29.4 Å². The number of hydrogen-bond acceptors (Lipinski definition) is 6. The molecule has 1 atom stereocenters. The van der Waals surface area contributed by atoms with Crippen molar-refractivity contribution < 1.29 is 8.42 Å². The topological polar surface area (TPSA) is 68.1 Å². The highest BCUT2D eigenvalue weighted by molar-refractivity contribution is 8.00. The van der Waals surface area contributed by atoms with Crippen molar-refractivity contribution >= 4 is 33.2 Å². The zero-order valence-corrected chi connectivity index (χ0v) is 16.5. The quantitative estimate of drug-likeness (QED) is 0.679. The average molecular weight is 389 g/mol. The van der Waals surface area contributed by atoms with Gasteiger partial charge < -0.3 is 0 Å². The van der Waals surface area contributed by atoms with Gasteiger partial charge in [0.15, 0.2) is 11.0 Å². The third-order valence-electron chi connectivity index (χ3n) is 3.58. The summed E-state index contributed by atoms with van der Waals surface area (Å²) in [7, 11) is 0.944. The van der Waals surface area contributed by atoms with E-state index in [1.165, 1.54) is 18.0 Å². The van der Waals surface area contributed by atoms with Crippen LogP contribution in [0.1, 0.15) is 18.8 Å². The van der Waals surface area contributed by atoms with Gasteiger partial charge in [-0.3, -0.25) is 9.47 Å². The minimum Gasteiger partial charge on any atom is -0.300 e. The molecule has 0 N–H and O–H groups in total. The van der Waals surface area contributed by atoms with Crippen LogP contribution in [0.5, 0.6) is 0 Å². The van der Waals surface area contributed by atoms with Gasteiger partial charge in [0.2, 0.25) is 0 Å². The molecule has 1 aromatic heterocycles. The Kier molecular flexibility index (Phi) is 6.30. The first kappa shape index (κ1) is 19.2. The monoisotopic (exact) mass is 388 g/mol. The smallest absolute Gasteiger partial charge is 0.195 e. The predicted molar refractivity (Wildman–Crippen MR) is 98.9 cm³/mol. The number of rotatable bonds is 7. The maximum absolute atomic E-state index is 11.3. The summed E-state index contributed by atoms with van der Waals surface area (Å²) in [5, 5.41) is 9.90. The van der Waals surface area contributed by atoms with Crippen molar-refractivity contribution in [1.82, 2.24) is 19.7 Å². The predicted octanol–water partition coefficient (Wildman–Crippen LogP) is 2.68. The number of sulfone groups is 1. The van der Waals surface area contributed by atoms with E-state index in [2.05, 4.69) is 10.2 Å². The fraction of sp³-hybridized carbons (Fsp3) is 0.467. The molecule has 0 aliphatic rings. The molecule has 6 nitrogen and oxygen atoms in total. The third-order valence-corrected chi connectivity index (χ3v) is 5.96. The number of benzene rings is 1. The fourth-order valence-corrected chi connectivity index (χ4v) is 4.27. The van der Waals surface area contributed by atoms with Gasteiger partial charge in [0.1, 0.15) is 9.84 Å². The van der Waals surface area contributed by atoms with E-state index in [-0.39, 0.29) is 11.8 Å². The second-order valence-electron chi connectivity index (χ2n) is 5.77. The van der Waals surface area contributed by atoms with Crippen LogP contribution in [-0.4, -0.2) is 59.9 Å². The summed E-state index contributed by atoms with van der Waals surface area (Å²) in [6.07, 6.45) is 1.23. The summed E-state index contributed by atoms with van der Waals surface area (Å²) in [6, 6.07) is 7.48. The first-order chi connectivity index (χ1) is 11.2. The number of hydrogen-bond donors (Lipinski definition) is 0. The van der Waals surface area contributed by atoms with E-state index in [9.17, 15) is 8.42 Å². The number of nitrogens with zero attached hydrogens (tertiary/aromatic N) is 4. The van der Waals surface area contributed by atoms with Crippen molar-refractivity contribution in [2.75, 3.05) is 31.9 Å². The maximum atomic E-state index is 11.3. The highest BCUT2D eigenvalue weighted by Crippen LogP contribution is 2.27. The average Bonchev–Trinajstić information content (AvgIpc) is 2.89. The Balaban J connectivity index is 2.38. The zero-order valence-electron chi connectivity index (χ0n) is 14.1. The van der Waals surface area contributed by atoms with Gasteiger partial charge in [-0.15, -0.1) is 10.2 Å². The second kappa shape index (κ2) is 7.86. The molecule has 132 valence electrons. The molecule has 0 aliphatic carbocycles. The Morgan fingerprint density at radius 2 is 1.88 bits per heavy atom. The lowest BCUT2D eigenvalue weighted by Crippen LogP contribution is -2.20. The number of halogens is 1. The standard InChI is InChI=1S/C15H21ClN4O2S2/c1-11(19(2)3)14-17-18-15(23-9-10-24(4,21)22)20(14)13-7-5-12(16)6-8-13/h5-8,11H,9-10H2,1-4H3. The number of aromatic nitrogens is 3. The first-order valence-corrected chi connectivity index (χ1v) is 10.8. The van der Waals surface area contributed by atoms with Crippen LogP contribution >= 0.6 is 23.4 Å². The molecule has 1 unspecified atom stereocenters. The highest BCUT2D eigenvalue weighted by Gasteiger charge is 2.21. The van der Waals surface area contributed by atoms with Crippen LogP contribution in [0.25, 0.3) is 5.69 Å². The van der Waals surface area contributed by atoms with Gasteiger partial charge in [-0.1, -0.05) is 23.4 Å². The van der Waals surface area contributed by atoms with Gasteiger partial charge in [-0.25, -0.2) is 8.42 Å². The molecule has 0 saturated heterocycles. The summed E-state index contributed by atoms with van der Waals surface area (Å²) in [6.45, 7) is 2.04. The molecule has 0 amide bonds. The summed E-state index contributed by atoms with van der Waals surface area (Å²) >= 11 is 7.36. The maximum Gasteiger partial charge on any atom is 0.195 e. The number of thioether (sulfide) groups is 1. The van der Waals surface area contributed by atoms with Gasteiger partial charge in [-0.2, -0.15) is 0 Å². The van der Waals surface area contributed by atoms with Crippen molar-refractivity contribution in [2.45, 2.75) is 18.1 Å². The van der Waals surface area contributed by atoms with E-state index in [0.717, 1.165) is 11.5 Å². The van der Waals surface area contributed by atoms with E-state index in [4.69, 9.17) is 11.6 Å². The molecule has 2 rings (SSSR count). The second-order valence-corrected chi connectivity index (χ2v) is 9.53. The molecular weight excluding hydrogens is 368 g/mol. The van der Waals surface area contributed by atoms with Crippen molar-refractivity contribution in [3.05, 3.63) is 35.1 Å². The normalized spacial score (nSPS) is 13.4. The van der Waals surface area contributed by atoms with Gasteiger partial charge in [0.05, 0.1) is 11.8 Å². The summed E-state index contributed by atoms with van der Waals surface area (Å²) < 4.78 is 24.6. The lowest BCUT2D eigenvalue weighted by Gasteiger charge is -2.20. The fourth-order valence-electron chi connectivity index (χ4n) is 1.99. The van der Waals surface area contributed by atoms with Crippen LogP contribution in [0.4, 0.5) is 0 Å². The van der Waals surface area contributed by atoms with E-state index in [0.29, 0.717) is 15.9 Å². The Morgan fingerprint density at radius 3 is 2.42 bits per heavy atom. The van der Waals surface area contributed by atoms with E-state index in [1.54, 1.807) is 0 Å². The zero-order chi connectivity index (χ0) is 17.9. The van der Waals surface area contributed by atoms with Gasteiger partial charge in [-0.05, 0) is 45.3 Å². The lowest BCUT2D eigenvalue weighted by molar-refractivity contribution is 0.305. The van der Waals surface area contributed by atoms with Gasteiger partial charge in [0.25, 0.3) is 0 Å². The molecule has 2 aromatic rings. The summed E-state index contributed by atoms with van der Waals surface area (Å²) in [5.41, 5.74) is 0.898. The lowest BCUT2D eigenvalue weighted by atomic mass is 10.2.